The molecule has 0 saturated carbocycles. The second kappa shape index (κ2) is 6.27. The van der Waals surface area contributed by atoms with E-state index >= 15 is 0 Å². The molecule has 24 heavy (non-hydrogen) atoms. The fourth-order valence-corrected chi connectivity index (χ4v) is 2.30. The lowest BCUT2D eigenvalue weighted by Gasteiger charge is -2.16. The Morgan fingerprint density at radius 3 is 2.50 bits per heavy atom. The van der Waals surface area contributed by atoms with Crippen LogP contribution in [0.15, 0.2) is 30.3 Å². The molecule has 0 saturated heterocycles. The molecule has 0 spiro atoms. The highest BCUT2D eigenvalue weighted by Crippen LogP contribution is 2.32. The summed E-state index contributed by atoms with van der Waals surface area (Å²) in [4.78, 5) is 17.5. The van der Waals surface area contributed by atoms with Crippen LogP contribution in [0.3, 0.4) is 0 Å². The predicted molar refractivity (Wildman–Crippen MR) is 80.0 cm³/mol. The predicted octanol–water partition coefficient (Wildman–Crippen LogP) is 2.56. The van der Waals surface area contributed by atoms with Crippen LogP contribution in [0.1, 0.15) is 17.4 Å². The van der Waals surface area contributed by atoms with Crippen LogP contribution in [0.4, 0.5) is 13.2 Å². The number of hydrogen-bond donors (Lipinski definition) is 0. The summed E-state index contributed by atoms with van der Waals surface area (Å²) in [5.41, 5.74) is -5.66. The van der Waals surface area contributed by atoms with Gasteiger partial charge >= 0.3 is 15.6 Å². The van der Waals surface area contributed by atoms with Gasteiger partial charge in [0.1, 0.15) is 5.69 Å². The minimum absolute atomic E-state index is 0.0426. The fourth-order valence-electron chi connectivity index (χ4n) is 1.83. The van der Waals surface area contributed by atoms with Crippen molar-refractivity contribution in [2.24, 2.45) is 0 Å². The third-order valence-corrected chi connectivity index (χ3v) is 4.17. The zero-order valence-electron chi connectivity index (χ0n) is 12.7. The number of hydrogen-bond acceptors (Lipinski definition) is 5. The largest absolute Gasteiger partial charge is 0.534 e. The average molecular weight is 362 g/mol. The van der Waals surface area contributed by atoms with Gasteiger partial charge in [-0.3, -0.25) is 4.79 Å². The Bertz CT molecular complexity index is 881. The number of benzene rings is 1. The van der Waals surface area contributed by atoms with Crippen molar-refractivity contribution in [1.82, 2.24) is 9.88 Å². The number of pyridine rings is 1. The van der Waals surface area contributed by atoms with Crippen LogP contribution in [0, 0.1) is 0 Å². The van der Waals surface area contributed by atoms with Gasteiger partial charge in [-0.05, 0) is 19.1 Å². The van der Waals surface area contributed by atoms with E-state index in [4.69, 9.17) is 0 Å². The summed E-state index contributed by atoms with van der Waals surface area (Å²) in [6.45, 7) is 2.04. The lowest BCUT2D eigenvalue weighted by molar-refractivity contribution is -0.0499. The first kappa shape index (κ1) is 18.0. The number of fused-ring (bicyclic) bond motifs is 1. The third-order valence-electron chi connectivity index (χ3n) is 3.20. The van der Waals surface area contributed by atoms with Crippen molar-refractivity contribution in [3.05, 3.63) is 36.0 Å². The van der Waals surface area contributed by atoms with E-state index in [1.54, 1.807) is 13.0 Å². The van der Waals surface area contributed by atoms with E-state index in [0.717, 1.165) is 6.07 Å². The van der Waals surface area contributed by atoms with Gasteiger partial charge < -0.3 is 9.08 Å². The Hall–Kier alpha value is -2.36. The minimum Gasteiger partial charge on any atom is -0.375 e. The van der Waals surface area contributed by atoms with Crippen LogP contribution < -0.4 is 4.18 Å². The molecule has 0 atom stereocenters. The first-order chi connectivity index (χ1) is 11.1. The molecule has 10 heteroatoms. The third kappa shape index (κ3) is 3.42. The molecule has 0 aliphatic carbocycles. The van der Waals surface area contributed by atoms with E-state index in [0.29, 0.717) is 6.54 Å². The molecular formula is C14H13F3N2O4S. The lowest BCUT2D eigenvalue weighted by atomic mass is 10.1. The van der Waals surface area contributed by atoms with E-state index < -0.39 is 27.3 Å². The van der Waals surface area contributed by atoms with Gasteiger partial charge in [0.05, 0.1) is 5.52 Å². The highest BCUT2D eigenvalue weighted by atomic mass is 32.2. The number of para-hydroxylation sites is 1. The Kier molecular flexibility index (Phi) is 4.70. The monoisotopic (exact) mass is 362 g/mol. The molecule has 6 nitrogen and oxygen atoms in total. The van der Waals surface area contributed by atoms with Crippen molar-refractivity contribution in [1.29, 1.82) is 0 Å². The second-order valence-electron chi connectivity index (χ2n) is 4.83. The van der Waals surface area contributed by atoms with Crippen molar-refractivity contribution in [3.63, 3.8) is 0 Å². The van der Waals surface area contributed by atoms with Crippen LogP contribution in [0.25, 0.3) is 10.9 Å². The molecule has 1 heterocycles. The minimum atomic E-state index is -5.86. The zero-order chi connectivity index (χ0) is 18.1. The SMILES string of the molecule is CCN(C)C(=O)c1cc(OS(=O)(=O)C(F)(F)F)c2ccccc2n1. The second-order valence-corrected chi connectivity index (χ2v) is 6.36. The van der Waals surface area contributed by atoms with Gasteiger partial charge in [-0.1, -0.05) is 12.1 Å². The quantitative estimate of drug-likeness (QED) is 0.617. The molecule has 0 radical (unpaired) electrons. The van der Waals surface area contributed by atoms with Crippen LogP contribution in [-0.2, 0) is 10.1 Å². The van der Waals surface area contributed by atoms with Gasteiger partial charge in [-0.15, -0.1) is 0 Å². The van der Waals surface area contributed by atoms with E-state index in [1.165, 1.54) is 30.1 Å². The number of carbonyl (C=O) groups excluding carboxylic acids is 1. The number of nitrogens with zero attached hydrogens (tertiary/aromatic N) is 2. The summed E-state index contributed by atoms with van der Waals surface area (Å²) in [5, 5.41) is 0.0426. The number of rotatable bonds is 4. The number of carbonyl (C=O) groups is 1. The average Bonchev–Trinajstić information content (AvgIpc) is 2.51. The molecule has 1 amide bonds. The van der Waals surface area contributed by atoms with Crippen molar-refractivity contribution >= 4 is 26.9 Å². The Morgan fingerprint density at radius 2 is 1.92 bits per heavy atom. The van der Waals surface area contributed by atoms with Crippen LogP contribution in [0.2, 0.25) is 0 Å². The lowest BCUT2D eigenvalue weighted by Crippen LogP contribution is -2.29. The molecule has 0 N–H and O–H groups in total. The summed E-state index contributed by atoms with van der Waals surface area (Å²) in [7, 11) is -4.38. The first-order valence-corrected chi connectivity index (χ1v) is 8.13. The molecule has 0 aliphatic heterocycles. The maximum Gasteiger partial charge on any atom is 0.534 e. The van der Waals surface area contributed by atoms with Gasteiger partial charge in [-0.2, -0.15) is 21.6 Å². The van der Waals surface area contributed by atoms with Crippen molar-refractivity contribution in [2.75, 3.05) is 13.6 Å². The van der Waals surface area contributed by atoms with E-state index in [9.17, 15) is 26.4 Å². The molecule has 0 fully saturated rings. The molecular weight excluding hydrogens is 349 g/mol. The van der Waals surface area contributed by atoms with Crippen molar-refractivity contribution < 1.29 is 30.6 Å². The summed E-state index contributed by atoms with van der Waals surface area (Å²) < 4.78 is 64.4. The first-order valence-electron chi connectivity index (χ1n) is 6.73. The number of halogens is 3. The number of alkyl halides is 3. The zero-order valence-corrected chi connectivity index (χ0v) is 13.5. The Labute approximate surface area is 136 Å². The Morgan fingerprint density at radius 1 is 1.29 bits per heavy atom. The Balaban J connectivity index is 2.62. The van der Waals surface area contributed by atoms with E-state index in [2.05, 4.69) is 9.17 Å². The summed E-state index contributed by atoms with van der Waals surface area (Å²) >= 11 is 0. The molecule has 0 aliphatic rings. The highest BCUT2D eigenvalue weighted by molar-refractivity contribution is 7.88. The molecule has 1 aromatic heterocycles. The van der Waals surface area contributed by atoms with Gasteiger partial charge in [0.2, 0.25) is 0 Å². The summed E-state index contributed by atoms with van der Waals surface area (Å²) in [6.07, 6.45) is 0. The smallest absolute Gasteiger partial charge is 0.375 e. The van der Waals surface area contributed by atoms with Gasteiger partial charge in [0.15, 0.2) is 5.75 Å². The number of aromatic nitrogens is 1. The molecule has 2 rings (SSSR count). The maximum absolute atomic E-state index is 12.6. The number of amides is 1. The van der Waals surface area contributed by atoms with Gasteiger partial charge in [-0.25, -0.2) is 4.98 Å². The van der Waals surface area contributed by atoms with Crippen molar-refractivity contribution in [3.8, 4) is 5.75 Å². The van der Waals surface area contributed by atoms with Gasteiger partial charge in [0.25, 0.3) is 5.91 Å². The highest BCUT2D eigenvalue weighted by Gasteiger charge is 2.48. The standard InChI is InChI=1S/C14H13F3N2O4S/c1-3-19(2)13(20)11-8-12(23-24(21,22)14(15,16)17)9-6-4-5-7-10(9)18-11/h4-8H,3H2,1-2H3. The summed E-state index contributed by atoms with van der Waals surface area (Å²) in [5.74, 6) is -1.18. The van der Waals surface area contributed by atoms with E-state index in [1.807, 2.05) is 0 Å². The van der Waals surface area contributed by atoms with Crippen LogP contribution in [-0.4, -0.2) is 43.3 Å². The topological polar surface area (TPSA) is 76.6 Å². The maximum atomic E-state index is 12.6. The van der Waals surface area contributed by atoms with Crippen LogP contribution >= 0.6 is 0 Å². The van der Waals surface area contributed by atoms with Crippen LogP contribution in [0.5, 0.6) is 5.75 Å². The van der Waals surface area contributed by atoms with E-state index in [-0.39, 0.29) is 16.6 Å². The molecule has 0 bridgehead atoms. The fraction of sp³-hybridized carbons (Fsp3) is 0.286. The molecule has 130 valence electrons. The molecule has 1 aromatic carbocycles. The van der Waals surface area contributed by atoms with Crippen molar-refractivity contribution in [2.45, 2.75) is 12.4 Å². The molecule has 2 aromatic rings. The molecule has 0 unspecified atom stereocenters. The summed E-state index contributed by atoms with van der Waals surface area (Å²) in [6, 6.07) is 6.71. The normalized spacial score (nSPS) is 12.2. The van der Waals surface area contributed by atoms with Gasteiger partial charge in [0, 0.05) is 25.0 Å².